The number of carbonyl (C=O) groups excluding carboxylic acids is 1. The zero-order chi connectivity index (χ0) is 13.8. The molecule has 2 rings (SSSR count). The summed E-state index contributed by atoms with van der Waals surface area (Å²) in [6.45, 7) is 0. The summed E-state index contributed by atoms with van der Waals surface area (Å²) in [5.74, 6) is 0.311. The number of nitrogens with two attached hydrogens (primary N) is 1. The van der Waals surface area contributed by atoms with Crippen molar-refractivity contribution in [2.75, 3.05) is 23.4 Å². The highest BCUT2D eigenvalue weighted by molar-refractivity contribution is 7.99. The molecule has 0 fully saturated rings. The number of thioether (sulfide) groups is 1. The van der Waals surface area contributed by atoms with Gasteiger partial charge in [-0.15, -0.1) is 10.2 Å². The van der Waals surface area contributed by atoms with Crippen LogP contribution in [0.15, 0.2) is 35.7 Å². The Hall–Kier alpha value is -2.02. The summed E-state index contributed by atoms with van der Waals surface area (Å²) in [7, 11) is 3.58. The van der Waals surface area contributed by atoms with Crippen LogP contribution in [0.3, 0.4) is 0 Å². The Balaban J connectivity index is 1.96. The number of hydrogen-bond donors (Lipinski definition) is 1. The lowest BCUT2D eigenvalue weighted by Gasteiger charge is -2.17. The van der Waals surface area contributed by atoms with E-state index < -0.39 is 0 Å². The number of anilines is 2. The number of carbonyl (C=O) groups is 1. The van der Waals surface area contributed by atoms with Gasteiger partial charge in [0, 0.05) is 25.5 Å². The number of nitrogens with zero attached hydrogens (tertiary/aromatic N) is 4. The van der Waals surface area contributed by atoms with E-state index in [0.717, 1.165) is 10.8 Å². The molecule has 0 unspecified atom stereocenters. The van der Waals surface area contributed by atoms with Gasteiger partial charge in [0.05, 0.1) is 5.75 Å². The monoisotopic (exact) mass is 277 g/mol. The standard InChI is InChI=1S/C12H15N5OS/c1-16-8-14-15-12(16)19-7-11(18)17(2)10-5-3-9(13)4-6-10/h3-6,8H,7,13H2,1-2H3. The zero-order valence-corrected chi connectivity index (χ0v) is 11.6. The third-order valence-electron chi connectivity index (χ3n) is 2.65. The van der Waals surface area contributed by atoms with E-state index in [2.05, 4.69) is 10.2 Å². The van der Waals surface area contributed by atoms with Crippen molar-refractivity contribution >= 4 is 29.0 Å². The van der Waals surface area contributed by atoms with E-state index in [0.29, 0.717) is 11.4 Å². The van der Waals surface area contributed by atoms with Gasteiger partial charge in [-0.25, -0.2) is 0 Å². The van der Waals surface area contributed by atoms with Crippen LogP contribution in [0, 0.1) is 0 Å². The summed E-state index contributed by atoms with van der Waals surface area (Å²) in [6, 6.07) is 7.18. The van der Waals surface area contributed by atoms with E-state index in [9.17, 15) is 4.79 Å². The molecule has 19 heavy (non-hydrogen) atoms. The van der Waals surface area contributed by atoms with Crippen LogP contribution in [0.2, 0.25) is 0 Å². The third kappa shape index (κ3) is 3.25. The minimum Gasteiger partial charge on any atom is -0.399 e. The molecular formula is C12H15N5OS. The Morgan fingerprint density at radius 2 is 2.11 bits per heavy atom. The van der Waals surface area contributed by atoms with E-state index in [1.807, 2.05) is 19.2 Å². The number of benzene rings is 1. The molecule has 1 aromatic heterocycles. The molecule has 0 aliphatic heterocycles. The van der Waals surface area contributed by atoms with Gasteiger partial charge >= 0.3 is 0 Å². The molecule has 2 aromatic rings. The average molecular weight is 277 g/mol. The Labute approximate surface area is 115 Å². The van der Waals surface area contributed by atoms with Gasteiger partial charge < -0.3 is 15.2 Å². The van der Waals surface area contributed by atoms with Crippen LogP contribution in [-0.2, 0) is 11.8 Å². The SMILES string of the molecule is CN(C(=O)CSc1nncn1C)c1ccc(N)cc1. The van der Waals surface area contributed by atoms with Crippen LogP contribution in [0.4, 0.5) is 11.4 Å². The molecule has 0 saturated carbocycles. The molecule has 2 N–H and O–H groups in total. The molecule has 0 bridgehead atoms. The van der Waals surface area contributed by atoms with E-state index in [1.54, 1.807) is 35.0 Å². The first-order chi connectivity index (χ1) is 9.08. The Kier molecular flexibility index (Phi) is 4.06. The van der Waals surface area contributed by atoms with E-state index in [-0.39, 0.29) is 5.91 Å². The van der Waals surface area contributed by atoms with Crippen LogP contribution in [0.25, 0.3) is 0 Å². The predicted octanol–water partition coefficient (Wildman–Crippen LogP) is 1.15. The van der Waals surface area contributed by atoms with E-state index in [4.69, 9.17) is 5.73 Å². The molecule has 100 valence electrons. The third-order valence-corrected chi connectivity index (χ3v) is 3.67. The lowest BCUT2D eigenvalue weighted by atomic mass is 10.2. The molecule has 0 aliphatic carbocycles. The Morgan fingerprint density at radius 1 is 1.42 bits per heavy atom. The second kappa shape index (κ2) is 5.75. The van der Waals surface area contributed by atoms with Gasteiger partial charge in [-0.3, -0.25) is 4.79 Å². The summed E-state index contributed by atoms with van der Waals surface area (Å²) >= 11 is 1.36. The first kappa shape index (κ1) is 13.4. The van der Waals surface area contributed by atoms with Crippen LogP contribution in [0.5, 0.6) is 0 Å². The highest BCUT2D eigenvalue weighted by Crippen LogP contribution is 2.18. The van der Waals surface area contributed by atoms with Crippen molar-refractivity contribution in [3.63, 3.8) is 0 Å². The van der Waals surface area contributed by atoms with Gasteiger partial charge in [-0.2, -0.15) is 0 Å². The number of rotatable bonds is 4. The minimum absolute atomic E-state index is 0.00206. The summed E-state index contributed by atoms with van der Waals surface area (Å²) in [5.41, 5.74) is 7.11. The minimum atomic E-state index is -0.00206. The number of nitrogen functional groups attached to an aromatic ring is 1. The largest absolute Gasteiger partial charge is 0.399 e. The lowest BCUT2D eigenvalue weighted by Crippen LogP contribution is -2.28. The van der Waals surface area contributed by atoms with Crippen molar-refractivity contribution in [1.29, 1.82) is 0 Å². The van der Waals surface area contributed by atoms with E-state index >= 15 is 0 Å². The van der Waals surface area contributed by atoms with Crippen molar-refractivity contribution in [1.82, 2.24) is 14.8 Å². The summed E-state index contributed by atoms with van der Waals surface area (Å²) in [4.78, 5) is 13.7. The predicted molar refractivity (Wildman–Crippen MR) is 76.0 cm³/mol. The zero-order valence-electron chi connectivity index (χ0n) is 10.8. The first-order valence-electron chi connectivity index (χ1n) is 5.67. The first-order valence-corrected chi connectivity index (χ1v) is 6.65. The fraction of sp³-hybridized carbons (Fsp3) is 0.250. The molecular weight excluding hydrogens is 262 g/mol. The molecule has 0 spiro atoms. The fourth-order valence-corrected chi connectivity index (χ4v) is 2.27. The number of hydrogen-bond acceptors (Lipinski definition) is 5. The quantitative estimate of drug-likeness (QED) is 0.670. The average Bonchev–Trinajstić information content (AvgIpc) is 2.81. The second-order valence-electron chi connectivity index (χ2n) is 4.06. The maximum Gasteiger partial charge on any atom is 0.237 e. The van der Waals surface area contributed by atoms with Crippen molar-refractivity contribution in [2.45, 2.75) is 5.16 Å². The summed E-state index contributed by atoms with van der Waals surface area (Å²) in [6.07, 6.45) is 1.61. The molecule has 0 atom stereocenters. The van der Waals surface area contributed by atoms with Crippen molar-refractivity contribution in [3.05, 3.63) is 30.6 Å². The topological polar surface area (TPSA) is 77.0 Å². The molecule has 1 aromatic carbocycles. The molecule has 6 nitrogen and oxygen atoms in total. The van der Waals surface area contributed by atoms with Crippen molar-refractivity contribution < 1.29 is 4.79 Å². The molecule has 0 aliphatic rings. The van der Waals surface area contributed by atoms with Gasteiger partial charge in [0.25, 0.3) is 0 Å². The van der Waals surface area contributed by atoms with Gasteiger partial charge in [-0.1, -0.05) is 11.8 Å². The van der Waals surface area contributed by atoms with Crippen molar-refractivity contribution in [3.8, 4) is 0 Å². The van der Waals surface area contributed by atoms with Gasteiger partial charge in [0.1, 0.15) is 6.33 Å². The Bertz CT molecular complexity index is 566. The smallest absolute Gasteiger partial charge is 0.237 e. The molecule has 0 saturated heterocycles. The van der Waals surface area contributed by atoms with Crippen molar-refractivity contribution in [2.24, 2.45) is 7.05 Å². The van der Waals surface area contributed by atoms with E-state index in [1.165, 1.54) is 11.8 Å². The number of aryl methyl sites for hydroxylation is 1. The number of aromatic nitrogens is 3. The van der Waals surface area contributed by atoms with Gasteiger partial charge in [-0.05, 0) is 24.3 Å². The fourth-order valence-electron chi connectivity index (χ4n) is 1.47. The maximum absolute atomic E-state index is 12.1. The summed E-state index contributed by atoms with van der Waals surface area (Å²) in [5, 5.41) is 8.41. The highest BCUT2D eigenvalue weighted by atomic mass is 32.2. The van der Waals surface area contributed by atoms with Crippen LogP contribution < -0.4 is 10.6 Å². The van der Waals surface area contributed by atoms with Gasteiger partial charge in [0.2, 0.25) is 5.91 Å². The van der Waals surface area contributed by atoms with Crippen LogP contribution in [0.1, 0.15) is 0 Å². The van der Waals surface area contributed by atoms with Gasteiger partial charge in [0.15, 0.2) is 5.16 Å². The van der Waals surface area contributed by atoms with Crippen LogP contribution >= 0.6 is 11.8 Å². The maximum atomic E-state index is 12.1. The van der Waals surface area contributed by atoms with Crippen LogP contribution in [-0.4, -0.2) is 33.5 Å². The molecule has 1 amide bonds. The molecule has 1 heterocycles. The number of amides is 1. The molecule has 0 radical (unpaired) electrons. The molecule has 7 heteroatoms. The normalized spacial score (nSPS) is 10.4. The summed E-state index contributed by atoms with van der Waals surface area (Å²) < 4.78 is 1.78. The Morgan fingerprint density at radius 3 is 2.68 bits per heavy atom. The highest BCUT2D eigenvalue weighted by Gasteiger charge is 2.12. The lowest BCUT2D eigenvalue weighted by molar-refractivity contribution is -0.115. The second-order valence-corrected chi connectivity index (χ2v) is 5.00.